The van der Waals surface area contributed by atoms with E-state index in [1.807, 2.05) is 6.92 Å². The van der Waals surface area contributed by atoms with E-state index in [0.717, 1.165) is 38.1 Å². The monoisotopic (exact) mass is 268 g/mol. The Bertz CT molecular complexity index is 305. The van der Waals surface area contributed by atoms with E-state index in [0.29, 0.717) is 5.84 Å². The van der Waals surface area contributed by atoms with Gasteiger partial charge < -0.3 is 10.9 Å². The fourth-order valence-corrected chi connectivity index (χ4v) is 3.37. The molecule has 5 nitrogen and oxygen atoms in total. The summed E-state index contributed by atoms with van der Waals surface area (Å²) in [6.45, 7) is 8.64. The maximum absolute atomic E-state index is 8.74. The lowest BCUT2D eigenvalue weighted by Gasteiger charge is -2.43. The Balaban J connectivity index is 1.79. The van der Waals surface area contributed by atoms with E-state index in [4.69, 9.17) is 10.9 Å². The van der Waals surface area contributed by atoms with E-state index in [9.17, 15) is 0 Å². The van der Waals surface area contributed by atoms with E-state index in [1.165, 1.54) is 25.7 Å². The molecule has 1 aliphatic heterocycles. The van der Waals surface area contributed by atoms with Crippen LogP contribution in [0, 0.1) is 5.92 Å². The summed E-state index contributed by atoms with van der Waals surface area (Å²) in [5, 5.41) is 11.9. The second-order valence-corrected chi connectivity index (χ2v) is 6.19. The van der Waals surface area contributed by atoms with Crippen LogP contribution in [0.3, 0.4) is 0 Å². The molecule has 2 aliphatic rings. The van der Waals surface area contributed by atoms with Gasteiger partial charge >= 0.3 is 0 Å². The average molecular weight is 268 g/mol. The average Bonchev–Trinajstić information content (AvgIpc) is 2.46. The van der Waals surface area contributed by atoms with E-state index < -0.39 is 0 Å². The lowest BCUT2D eigenvalue weighted by Crippen LogP contribution is -2.55. The number of hydrogen-bond donors (Lipinski definition) is 2. The predicted octanol–water partition coefficient (Wildman–Crippen LogP) is 1.32. The van der Waals surface area contributed by atoms with Crippen molar-refractivity contribution in [1.82, 2.24) is 9.80 Å². The van der Waals surface area contributed by atoms with Crippen LogP contribution in [0.5, 0.6) is 0 Å². The first-order chi connectivity index (χ1) is 9.11. The molecule has 1 aliphatic carbocycles. The van der Waals surface area contributed by atoms with E-state index >= 15 is 0 Å². The molecule has 1 unspecified atom stereocenters. The molecule has 0 aromatic rings. The summed E-state index contributed by atoms with van der Waals surface area (Å²) in [7, 11) is 0. The first-order valence-corrected chi connectivity index (χ1v) is 7.57. The Morgan fingerprint density at radius 3 is 2.26 bits per heavy atom. The molecule has 2 fully saturated rings. The molecule has 1 atom stereocenters. The molecule has 0 bridgehead atoms. The highest BCUT2D eigenvalue weighted by molar-refractivity contribution is 5.84. The van der Waals surface area contributed by atoms with Crippen LogP contribution < -0.4 is 5.73 Å². The Morgan fingerprint density at radius 1 is 1.16 bits per heavy atom. The summed E-state index contributed by atoms with van der Waals surface area (Å²) in [6, 6.07) is 0.830. The summed E-state index contributed by atoms with van der Waals surface area (Å²) in [5.41, 5.74) is 5.68. The number of rotatable bonds is 3. The van der Waals surface area contributed by atoms with E-state index in [-0.39, 0.29) is 6.04 Å². The van der Waals surface area contributed by atoms with Gasteiger partial charge in [0.1, 0.15) is 0 Å². The summed E-state index contributed by atoms with van der Waals surface area (Å²) in [4.78, 5) is 4.94. The number of amidine groups is 1. The van der Waals surface area contributed by atoms with Crippen molar-refractivity contribution in [3.05, 3.63) is 0 Å². The first kappa shape index (κ1) is 14.6. The molecular formula is C14H28N4O. The quantitative estimate of drug-likeness (QED) is 0.351. The molecule has 19 heavy (non-hydrogen) atoms. The van der Waals surface area contributed by atoms with E-state index in [1.54, 1.807) is 0 Å². The molecule has 1 saturated heterocycles. The van der Waals surface area contributed by atoms with Gasteiger partial charge in [0, 0.05) is 32.2 Å². The molecular weight excluding hydrogens is 240 g/mol. The molecule has 2 rings (SSSR count). The van der Waals surface area contributed by atoms with Crippen molar-refractivity contribution in [3.63, 3.8) is 0 Å². The van der Waals surface area contributed by atoms with Crippen LogP contribution in [0.4, 0.5) is 0 Å². The summed E-state index contributed by atoms with van der Waals surface area (Å²) in [5.74, 6) is 1.23. The van der Waals surface area contributed by atoms with Crippen molar-refractivity contribution in [2.45, 2.75) is 51.6 Å². The smallest absolute Gasteiger partial charge is 0.156 e. The van der Waals surface area contributed by atoms with Crippen LogP contribution in [0.25, 0.3) is 0 Å². The number of hydrogen-bond acceptors (Lipinski definition) is 4. The molecule has 5 heteroatoms. The van der Waals surface area contributed by atoms with Crippen LogP contribution in [-0.2, 0) is 0 Å². The standard InChI is InChI=1S/C14H28N4O/c1-11-3-5-13(6-4-11)18-9-7-17(8-10-18)12(2)14(15)16-19/h11-13,19H,3-10H2,1-2H3,(H2,15,16). The van der Waals surface area contributed by atoms with Gasteiger partial charge in [0.15, 0.2) is 5.84 Å². The summed E-state index contributed by atoms with van der Waals surface area (Å²) in [6.07, 6.45) is 5.48. The minimum Gasteiger partial charge on any atom is -0.409 e. The Morgan fingerprint density at radius 2 is 1.74 bits per heavy atom. The van der Waals surface area contributed by atoms with Gasteiger partial charge in [-0.25, -0.2) is 0 Å². The van der Waals surface area contributed by atoms with Gasteiger partial charge in [-0.2, -0.15) is 0 Å². The zero-order valence-electron chi connectivity index (χ0n) is 12.3. The number of oxime groups is 1. The van der Waals surface area contributed by atoms with Gasteiger partial charge in [0.2, 0.25) is 0 Å². The maximum atomic E-state index is 8.74. The normalized spacial score (nSPS) is 33.3. The second kappa shape index (κ2) is 6.57. The zero-order chi connectivity index (χ0) is 13.8. The predicted molar refractivity (Wildman–Crippen MR) is 77.4 cm³/mol. The highest BCUT2D eigenvalue weighted by Crippen LogP contribution is 2.27. The van der Waals surface area contributed by atoms with Crippen LogP contribution in [0.15, 0.2) is 5.16 Å². The fraction of sp³-hybridized carbons (Fsp3) is 0.929. The maximum Gasteiger partial charge on any atom is 0.156 e. The van der Waals surface area contributed by atoms with Crippen molar-refractivity contribution in [3.8, 4) is 0 Å². The molecule has 0 radical (unpaired) electrons. The SMILES string of the molecule is CC1CCC(N2CCN(C(C)C(N)=NO)CC2)CC1. The number of nitrogens with zero attached hydrogens (tertiary/aromatic N) is 3. The molecule has 3 N–H and O–H groups in total. The van der Waals surface area contributed by atoms with Crippen molar-refractivity contribution >= 4 is 5.84 Å². The minimum atomic E-state index is 0.0403. The fourth-order valence-electron chi connectivity index (χ4n) is 3.37. The number of nitrogens with two attached hydrogens (primary N) is 1. The lowest BCUT2D eigenvalue weighted by atomic mass is 9.86. The molecule has 0 aromatic heterocycles. The van der Waals surface area contributed by atoms with Gasteiger partial charge in [0.05, 0.1) is 6.04 Å². The van der Waals surface area contributed by atoms with Crippen LogP contribution in [0.2, 0.25) is 0 Å². The third-order valence-electron chi connectivity index (χ3n) is 4.94. The second-order valence-electron chi connectivity index (χ2n) is 6.19. The highest BCUT2D eigenvalue weighted by Gasteiger charge is 2.29. The largest absolute Gasteiger partial charge is 0.409 e. The molecule has 1 saturated carbocycles. The van der Waals surface area contributed by atoms with Crippen molar-refractivity contribution in [1.29, 1.82) is 0 Å². The highest BCUT2D eigenvalue weighted by atomic mass is 16.4. The van der Waals surface area contributed by atoms with Crippen LogP contribution in [-0.4, -0.2) is 59.1 Å². The Hall–Kier alpha value is -0.810. The minimum absolute atomic E-state index is 0.0403. The van der Waals surface area contributed by atoms with Gasteiger partial charge in [-0.15, -0.1) is 0 Å². The topological polar surface area (TPSA) is 65.1 Å². The Kier molecular flexibility index (Phi) is 5.05. The summed E-state index contributed by atoms with van der Waals surface area (Å²) >= 11 is 0. The van der Waals surface area contributed by atoms with Gasteiger partial charge in [-0.3, -0.25) is 9.80 Å². The van der Waals surface area contributed by atoms with Crippen LogP contribution >= 0.6 is 0 Å². The molecule has 110 valence electrons. The lowest BCUT2D eigenvalue weighted by molar-refractivity contribution is 0.0658. The van der Waals surface area contributed by atoms with Crippen molar-refractivity contribution in [2.75, 3.05) is 26.2 Å². The summed E-state index contributed by atoms with van der Waals surface area (Å²) < 4.78 is 0. The van der Waals surface area contributed by atoms with E-state index in [2.05, 4.69) is 21.9 Å². The van der Waals surface area contributed by atoms with Gasteiger partial charge in [-0.05, 0) is 38.5 Å². The van der Waals surface area contributed by atoms with Crippen LogP contribution in [0.1, 0.15) is 39.5 Å². The Labute approximate surface area is 116 Å². The van der Waals surface area contributed by atoms with Gasteiger partial charge in [0.25, 0.3) is 0 Å². The van der Waals surface area contributed by atoms with Gasteiger partial charge in [-0.1, -0.05) is 12.1 Å². The third-order valence-corrected chi connectivity index (χ3v) is 4.94. The zero-order valence-corrected chi connectivity index (χ0v) is 12.3. The molecule has 0 amide bonds. The third kappa shape index (κ3) is 3.60. The first-order valence-electron chi connectivity index (χ1n) is 7.57. The molecule has 1 heterocycles. The van der Waals surface area contributed by atoms with Crippen molar-refractivity contribution in [2.24, 2.45) is 16.8 Å². The molecule has 0 spiro atoms. The van der Waals surface area contributed by atoms with Crippen molar-refractivity contribution < 1.29 is 5.21 Å². The number of piperazine rings is 1. The molecule has 0 aromatic carbocycles.